The molecule has 0 fully saturated rings. The summed E-state index contributed by atoms with van der Waals surface area (Å²) in [5.74, 6) is -1.92. The van der Waals surface area contributed by atoms with E-state index >= 15 is 0 Å². The standard InChI is InChI=1S/C27H31N7O6S/c28-27(33-34(37)38)30-17-7-12-23(25(35)31-18-19-13-15-22(16-14-19)41(29,39)40)32-26(36)24(20-8-3-1-4-9-20)21-10-5-2-6-11-21/h1-6,8-11,13-16,23-24H,7,12,17-18H2,(H,31,35)(H,32,36)(H3,28,30,33)(H2,29,39,40)/t23-/m1/s1. The maximum absolute atomic E-state index is 13.6. The zero-order chi connectivity index (χ0) is 29.8. The highest BCUT2D eigenvalue weighted by molar-refractivity contribution is 7.89. The van der Waals surface area contributed by atoms with Gasteiger partial charge in [0.15, 0.2) is 5.03 Å². The Morgan fingerprint density at radius 1 is 0.878 bits per heavy atom. The molecule has 0 spiro atoms. The summed E-state index contributed by atoms with van der Waals surface area (Å²) in [5.41, 5.74) is 7.56. The molecule has 0 saturated heterocycles. The van der Waals surface area contributed by atoms with Gasteiger partial charge in [-0.2, -0.15) is 0 Å². The third kappa shape index (κ3) is 9.70. The van der Waals surface area contributed by atoms with Crippen molar-refractivity contribution in [3.8, 4) is 0 Å². The summed E-state index contributed by atoms with van der Waals surface area (Å²) in [7, 11) is -3.85. The van der Waals surface area contributed by atoms with E-state index < -0.39 is 32.9 Å². The lowest BCUT2D eigenvalue weighted by Gasteiger charge is -2.23. The monoisotopic (exact) mass is 581 g/mol. The molecule has 216 valence electrons. The van der Waals surface area contributed by atoms with E-state index in [1.54, 1.807) is 0 Å². The SMILES string of the molecule is N/C(=N/[N+](=O)[O-])NCCC[C@@H](NC(=O)C(c1ccccc1)c1ccccc1)C(=O)NCc1ccc(S(N)(=O)=O)cc1. The van der Waals surface area contributed by atoms with Crippen molar-refractivity contribution in [1.29, 1.82) is 0 Å². The van der Waals surface area contributed by atoms with Gasteiger partial charge in [-0.1, -0.05) is 72.8 Å². The van der Waals surface area contributed by atoms with Gasteiger partial charge in [-0.15, -0.1) is 0 Å². The van der Waals surface area contributed by atoms with Gasteiger partial charge in [0.2, 0.25) is 21.8 Å². The molecule has 0 unspecified atom stereocenters. The first-order valence-electron chi connectivity index (χ1n) is 12.6. The van der Waals surface area contributed by atoms with Gasteiger partial charge in [0.1, 0.15) is 11.1 Å². The molecule has 13 nitrogen and oxygen atoms in total. The quantitative estimate of drug-likeness (QED) is 0.0647. The van der Waals surface area contributed by atoms with E-state index in [2.05, 4.69) is 21.1 Å². The van der Waals surface area contributed by atoms with Crippen molar-refractivity contribution >= 4 is 27.8 Å². The zero-order valence-electron chi connectivity index (χ0n) is 22.0. The van der Waals surface area contributed by atoms with Crippen LogP contribution in [0.3, 0.4) is 0 Å². The van der Waals surface area contributed by atoms with Crippen molar-refractivity contribution in [2.45, 2.75) is 36.2 Å². The second-order valence-corrected chi connectivity index (χ2v) is 10.6. The number of benzene rings is 3. The van der Waals surface area contributed by atoms with Crippen LogP contribution in [0.4, 0.5) is 0 Å². The molecule has 0 bridgehead atoms. The minimum Gasteiger partial charge on any atom is -0.365 e. The lowest BCUT2D eigenvalue weighted by molar-refractivity contribution is -0.485. The van der Waals surface area contributed by atoms with Crippen LogP contribution in [0.5, 0.6) is 0 Å². The number of rotatable bonds is 13. The molecule has 14 heteroatoms. The van der Waals surface area contributed by atoms with Crippen molar-refractivity contribution in [1.82, 2.24) is 16.0 Å². The van der Waals surface area contributed by atoms with E-state index in [0.717, 1.165) is 11.1 Å². The first kappa shape index (κ1) is 30.7. The number of primary sulfonamides is 1. The van der Waals surface area contributed by atoms with Crippen molar-refractivity contribution in [2.24, 2.45) is 16.0 Å². The van der Waals surface area contributed by atoms with E-state index in [9.17, 15) is 28.1 Å². The molecule has 41 heavy (non-hydrogen) atoms. The van der Waals surface area contributed by atoms with Crippen LogP contribution in [0.25, 0.3) is 0 Å². The number of guanidine groups is 1. The molecule has 0 saturated carbocycles. The van der Waals surface area contributed by atoms with Crippen molar-refractivity contribution in [3.63, 3.8) is 0 Å². The topological polar surface area (TPSA) is 212 Å². The first-order chi connectivity index (χ1) is 19.5. The summed E-state index contributed by atoms with van der Waals surface area (Å²) in [6.07, 6.45) is 0.494. The van der Waals surface area contributed by atoms with Crippen LogP contribution in [0.15, 0.2) is 94.9 Å². The highest BCUT2D eigenvalue weighted by atomic mass is 32.2. The summed E-state index contributed by atoms with van der Waals surface area (Å²) < 4.78 is 23.0. The Kier molecular flexibility index (Phi) is 10.9. The predicted octanol–water partition coefficient (Wildman–Crippen LogP) is 1.14. The highest BCUT2D eigenvalue weighted by Crippen LogP contribution is 2.25. The normalized spacial score (nSPS) is 12.4. The summed E-state index contributed by atoms with van der Waals surface area (Å²) in [6, 6.07) is 23.1. The molecule has 3 rings (SSSR count). The van der Waals surface area contributed by atoms with E-state index in [1.807, 2.05) is 60.7 Å². The van der Waals surface area contributed by atoms with Gasteiger partial charge in [0.25, 0.3) is 5.96 Å². The summed E-state index contributed by atoms with van der Waals surface area (Å²) >= 11 is 0. The molecule has 1 atom stereocenters. The highest BCUT2D eigenvalue weighted by Gasteiger charge is 2.27. The molecule has 0 aliphatic heterocycles. The van der Waals surface area contributed by atoms with E-state index in [-0.39, 0.29) is 36.3 Å². The van der Waals surface area contributed by atoms with Gasteiger partial charge >= 0.3 is 0 Å². The number of sulfonamides is 1. The fourth-order valence-electron chi connectivity index (χ4n) is 4.07. The van der Waals surface area contributed by atoms with E-state index in [0.29, 0.717) is 12.0 Å². The third-order valence-electron chi connectivity index (χ3n) is 6.04. The predicted molar refractivity (Wildman–Crippen MR) is 152 cm³/mol. The minimum atomic E-state index is -3.85. The third-order valence-corrected chi connectivity index (χ3v) is 6.97. The van der Waals surface area contributed by atoms with E-state index in [4.69, 9.17) is 10.9 Å². The number of amides is 2. The maximum Gasteiger partial charge on any atom is 0.266 e. The van der Waals surface area contributed by atoms with Crippen LogP contribution < -0.4 is 26.8 Å². The number of hydrazone groups is 1. The van der Waals surface area contributed by atoms with Crippen LogP contribution in [-0.4, -0.2) is 43.8 Å². The Labute approximate surface area is 237 Å². The fourth-order valence-corrected chi connectivity index (χ4v) is 4.58. The van der Waals surface area contributed by atoms with Crippen LogP contribution >= 0.6 is 0 Å². The molecule has 2 amide bonds. The smallest absolute Gasteiger partial charge is 0.266 e. The number of carbonyl (C=O) groups excluding carboxylic acids is 2. The van der Waals surface area contributed by atoms with Gasteiger partial charge in [0.05, 0.1) is 10.8 Å². The second-order valence-electron chi connectivity index (χ2n) is 9.01. The van der Waals surface area contributed by atoms with Gasteiger partial charge in [-0.3, -0.25) is 9.59 Å². The van der Waals surface area contributed by atoms with Crippen molar-refractivity contribution in [2.75, 3.05) is 6.54 Å². The number of hydrogen-bond donors (Lipinski definition) is 5. The van der Waals surface area contributed by atoms with Gasteiger partial charge in [-0.05, 0) is 41.7 Å². The van der Waals surface area contributed by atoms with Crippen LogP contribution in [0, 0.1) is 10.1 Å². The number of nitrogens with zero attached hydrogens (tertiary/aromatic N) is 2. The van der Waals surface area contributed by atoms with Crippen LogP contribution in [0.2, 0.25) is 0 Å². The van der Waals surface area contributed by atoms with Crippen LogP contribution in [0.1, 0.15) is 35.4 Å². The molecule has 3 aromatic rings. The largest absolute Gasteiger partial charge is 0.365 e. The number of nitrogens with two attached hydrogens (primary N) is 2. The van der Waals surface area contributed by atoms with Crippen molar-refractivity contribution in [3.05, 3.63) is 112 Å². The molecular formula is C27H31N7O6S. The van der Waals surface area contributed by atoms with Crippen molar-refractivity contribution < 1.29 is 23.0 Å². The summed E-state index contributed by atoms with van der Waals surface area (Å²) in [5, 5.41) is 25.9. The average Bonchev–Trinajstić information content (AvgIpc) is 2.94. The number of hydrogen-bond acceptors (Lipinski definition) is 6. The molecular weight excluding hydrogens is 550 g/mol. The molecule has 0 aromatic heterocycles. The van der Waals surface area contributed by atoms with Crippen LogP contribution in [-0.2, 0) is 26.2 Å². The Balaban J connectivity index is 1.76. The number of nitrogens with one attached hydrogen (secondary N) is 3. The fraction of sp³-hybridized carbons (Fsp3) is 0.222. The Bertz CT molecular complexity index is 1430. The number of carbonyl (C=O) groups is 2. The number of nitro groups is 1. The molecule has 0 heterocycles. The molecule has 7 N–H and O–H groups in total. The summed E-state index contributed by atoms with van der Waals surface area (Å²) in [4.78, 5) is 37.3. The average molecular weight is 582 g/mol. The maximum atomic E-state index is 13.6. The lowest BCUT2D eigenvalue weighted by atomic mass is 9.90. The van der Waals surface area contributed by atoms with Gasteiger partial charge in [0, 0.05) is 13.1 Å². The first-order valence-corrected chi connectivity index (χ1v) is 14.1. The molecule has 3 aromatic carbocycles. The Hall–Kier alpha value is -4.82. The molecule has 0 aliphatic rings. The minimum absolute atomic E-state index is 0.0574. The Morgan fingerprint density at radius 2 is 1.44 bits per heavy atom. The van der Waals surface area contributed by atoms with E-state index in [1.165, 1.54) is 24.3 Å². The van der Waals surface area contributed by atoms with Gasteiger partial charge < -0.3 is 21.7 Å². The van der Waals surface area contributed by atoms with Gasteiger partial charge in [-0.25, -0.2) is 23.7 Å². The lowest BCUT2D eigenvalue weighted by Crippen LogP contribution is -2.48. The molecule has 0 aliphatic carbocycles. The molecule has 0 radical (unpaired) electrons. The summed E-state index contributed by atoms with van der Waals surface area (Å²) in [6.45, 7) is 0.232. The second kappa shape index (κ2) is 14.5. The Morgan fingerprint density at radius 3 is 1.95 bits per heavy atom. The zero-order valence-corrected chi connectivity index (χ0v) is 22.8.